The Hall–Kier alpha value is -2.47. The Morgan fingerprint density at radius 1 is 1.29 bits per heavy atom. The summed E-state index contributed by atoms with van der Waals surface area (Å²) in [5.41, 5.74) is 2.92. The maximum absolute atomic E-state index is 12.2. The molecule has 0 unspecified atom stereocenters. The quantitative estimate of drug-likeness (QED) is 0.808. The summed E-state index contributed by atoms with van der Waals surface area (Å²) >= 11 is 1.46. The highest BCUT2D eigenvalue weighted by molar-refractivity contribution is 7.13. The van der Waals surface area contributed by atoms with Gasteiger partial charge in [-0.1, -0.05) is 30.3 Å². The maximum atomic E-state index is 12.2. The topological polar surface area (TPSA) is 59.8 Å². The molecule has 0 fully saturated rings. The molecule has 0 saturated carbocycles. The molecule has 0 spiro atoms. The van der Waals surface area contributed by atoms with Gasteiger partial charge in [-0.15, -0.1) is 11.3 Å². The molecule has 21 heavy (non-hydrogen) atoms. The molecule has 0 aliphatic rings. The second-order valence-corrected chi connectivity index (χ2v) is 5.52. The molecular formula is C15H14N4OS. The summed E-state index contributed by atoms with van der Waals surface area (Å²) in [6.45, 7) is 1.85. The Morgan fingerprint density at radius 2 is 2.05 bits per heavy atom. The Bertz CT molecular complexity index is 776. The van der Waals surface area contributed by atoms with Gasteiger partial charge in [0.15, 0.2) is 0 Å². The largest absolute Gasteiger partial charge is 0.318 e. The van der Waals surface area contributed by atoms with Crippen LogP contribution in [0.2, 0.25) is 0 Å². The van der Waals surface area contributed by atoms with E-state index < -0.39 is 0 Å². The SMILES string of the molecule is Cc1nn(C)cc1NC(=O)c1csc(-c2ccccc2)n1. The number of nitrogens with zero attached hydrogens (tertiary/aromatic N) is 3. The zero-order valence-electron chi connectivity index (χ0n) is 11.7. The van der Waals surface area contributed by atoms with E-state index in [1.165, 1.54) is 11.3 Å². The van der Waals surface area contributed by atoms with E-state index in [0.717, 1.165) is 16.3 Å². The molecule has 2 aromatic heterocycles. The predicted molar refractivity (Wildman–Crippen MR) is 83.4 cm³/mol. The number of nitrogens with one attached hydrogen (secondary N) is 1. The smallest absolute Gasteiger partial charge is 0.275 e. The van der Waals surface area contributed by atoms with Gasteiger partial charge in [0.05, 0.1) is 11.4 Å². The summed E-state index contributed by atoms with van der Waals surface area (Å²) < 4.78 is 1.67. The highest BCUT2D eigenvalue weighted by Crippen LogP contribution is 2.24. The fraction of sp³-hybridized carbons (Fsp3) is 0.133. The van der Waals surface area contributed by atoms with Crippen LogP contribution in [-0.4, -0.2) is 20.7 Å². The Labute approximate surface area is 126 Å². The number of aryl methyl sites for hydroxylation is 2. The lowest BCUT2D eigenvalue weighted by Gasteiger charge is -2.00. The van der Waals surface area contributed by atoms with Crippen molar-refractivity contribution >= 4 is 22.9 Å². The molecule has 6 heteroatoms. The number of thiazole rings is 1. The van der Waals surface area contributed by atoms with E-state index >= 15 is 0 Å². The van der Waals surface area contributed by atoms with Crippen molar-refractivity contribution in [2.45, 2.75) is 6.92 Å². The Balaban J connectivity index is 1.80. The van der Waals surface area contributed by atoms with Gasteiger partial charge in [0.1, 0.15) is 10.7 Å². The minimum atomic E-state index is -0.218. The number of hydrogen-bond acceptors (Lipinski definition) is 4. The van der Waals surface area contributed by atoms with Gasteiger partial charge < -0.3 is 5.32 Å². The molecular weight excluding hydrogens is 284 g/mol. The van der Waals surface area contributed by atoms with E-state index in [-0.39, 0.29) is 5.91 Å². The molecule has 3 aromatic rings. The molecule has 0 aliphatic heterocycles. The summed E-state index contributed by atoms with van der Waals surface area (Å²) in [5, 5.41) is 9.63. The summed E-state index contributed by atoms with van der Waals surface area (Å²) in [5.74, 6) is -0.218. The van der Waals surface area contributed by atoms with E-state index in [4.69, 9.17) is 0 Å². The van der Waals surface area contributed by atoms with Crippen LogP contribution in [0.4, 0.5) is 5.69 Å². The molecule has 5 nitrogen and oxygen atoms in total. The van der Waals surface area contributed by atoms with Gasteiger partial charge in [-0.05, 0) is 6.92 Å². The van der Waals surface area contributed by atoms with Crippen LogP contribution in [0.1, 0.15) is 16.2 Å². The van der Waals surface area contributed by atoms with Crippen LogP contribution >= 0.6 is 11.3 Å². The molecule has 106 valence electrons. The third kappa shape index (κ3) is 2.85. The zero-order valence-corrected chi connectivity index (χ0v) is 12.5. The minimum Gasteiger partial charge on any atom is -0.318 e. The van der Waals surface area contributed by atoms with Crippen LogP contribution in [0.3, 0.4) is 0 Å². The molecule has 2 heterocycles. The molecule has 0 atom stereocenters. The van der Waals surface area contributed by atoms with Gasteiger partial charge in [0.25, 0.3) is 5.91 Å². The van der Waals surface area contributed by atoms with E-state index in [0.29, 0.717) is 11.4 Å². The van der Waals surface area contributed by atoms with Gasteiger partial charge in [0.2, 0.25) is 0 Å². The lowest BCUT2D eigenvalue weighted by atomic mass is 10.2. The molecule has 1 aromatic carbocycles. The van der Waals surface area contributed by atoms with Crippen LogP contribution in [0, 0.1) is 6.92 Å². The van der Waals surface area contributed by atoms with E-state index in [1.54, 1.807) is 16.3 Å². The predicted octanol–water partition coefficient (Wildman–Crippen LogP) is 3.10. The van der Waals surface area contributed by atoms with Crippen LogP contribution < -0.4 is 5.32 Å². The summed E-state index contributed by atoms with van der Waals surface area (Å²) in [6.07, 6.45) is 1.78. The number of anilines is 1. The molecule has 0 bridgehead atoms. The number of hydrogen-bond donors (Lipinski definition) is 1. The van der Waals surface area contributed by atoms with Crippen LogP contribution in [-0.2, 0) is 7.05 Å². The van der Waals surface area contributed by atoms with Crippen molar-refractivity contribution in [2.75, 3.05) is 5.32 Å². The third-order valence-corrected chi connectivity index (χ3v) is 3.91. The minimum absolute atomic E-state index is 0.218. The van der Waals surface area contributed by atoms with Gasteiger partial charge >= 0.3 is 0 Å². The average Bonchev–Trinajstić information content (AvgIpc) is 3.07. The number of benzene rings is 1. The van der Waals surface area contributed by atoms with Gasteiger partial charge in [-0.2, -0.15) is 5.10 Å². The number of aromatic nitrogens is 3. The molecule has 1 N–H and O–H groups in total. The second kappa shape index (κ2) is 5.49. The standard InChI is InChI=1S/C15H14N4OS/c1-10-12(8-19(2)18-10)16-14(20)13-9-21-15(17-13)11-6-4-3-5-7-11/h3-9H,1-2H3,(H,16,20). The first kappa shape index (κ1) is 13.5. The van der Waals surface area contributed by atoms with Crippen molar-refractivity contribution < 1.29 is 4.79 Å². The fourth-order valence-electron chi connectivity index (χ4n) is 2.00. The van der Waals surface area contributed by atoms with E-state index in [2.05, 4.69) is 15.4 Å². The highest BCUT2D eigenvalue weighted by atomic mass is 32.1. The second-order valence-electron chi connectivity index (χ2n) is 4.66. The first-order valence-electron chi connectivity index (χ1n) is 6.46. The number of amides is 1. The van der Waals surface area contributed by atoms with Gasteiger partial charge in [-0.25, -0.2) is 4.98 Å². The lowest BCUT2D eigenvalue weighted by Crippen LogP contribution is -2.12. The summed E-state index contributed by atoms with van der Waals surface area (Å²) in [7, 11) is 1.82. The van der Waals surface area contributed by atoms with Crippen molar-refractivity contribution in [3.8, 4) is 10.6 Å². The normalized spacial score (nSPS) is 10.6. The Kier molecular flexibility index (Phi) is 3.53. The van der Waals surface area contributed by atoms with Crippen molar-refractivity contribution in [2.24, 2.45) is 7.05 Å². The van der Waals surface area contributed by atoms with Crippen LogP contribution in [0.5, 0.6) is 0 Å². The number of rotatable bonds is 3. The first-order valence-corrected chi connectivity index (χ1v) is 7.34. The maximum Gasteiger partial charge on any atom is 0.275 e. The molecule has 1 amide bonds. The van der Waals surface area contributed by atoms with Gasteiger partial charge in [-0.3, -0.25) is 9.48 Å². The Morgan fingerprint density at radius 3 is 2.71 bits per heavy atom. The summed E-state index contributed by atoms with van der Waals surface area (Å²) in [4.78, 5) is 16.6. The van der Waals surface area contributed by atoms with Crippen molar-refractivity contribution in [1.29, 1.82) is 0 Å². The molecule has 0 aliphatic carbocycles. The summed E-state index contributed by atoms with van der Waals surface area (Å²) in [6, 6.07) is 9.82. The zero-order chi connectivity index (χ0) is 14.8. The average molecular weight is 298 g/mol. The van der Waals surface area contributed by atoms with Crippen molar-refractivity contribution in [3.05, 3.63) is 53.3 Å². The highest BCUT2D eigenvalue weighted by Gasteiger charge is 2.14. The molecule has 0 radical (unpaired) electrons. The van der Waals surface area contributed by atoms with Crippen LogP contribution in [0.25, 0.3) is 10.6 Å². The fourth-order valence-corrected chi connectivity index (χ4v) is 2.81. The number of carbonyl (C=O) groups excluding carboxylic acids is 1. The third-order valence-electron chi connectivity index (χ3n) is 3.02. The monoisotopic (exact) mass is 298 g/mol. The van der Waals surface area contributed by atoms with Crippen LogP contribution in [0.15, 0.2) is 41.9 Å². The van der Waals surface area contributed by atoms with E-state index in [9.17, 15) is 4.79 Å². The van der Waals surface area contributed by atoms with Gasteiger partial charge in [0, 0.05) is 24.2 Å². The molecule has 0 saturated heterocycles. The first-order chi connectivity index (χ1) is 10.1. The van der Waals surface area contributed by atoms with Crippen molar-refractivity contribution in [1.82, 2.24) is 14.8 Å². The number of carbonyl (C=O) groups is 1. The van der Waals surface area contributed by atoms with E-state index in [1.807, 2.05) is 44.3 Å². The molecule has 3 rings (SSSR count). The van der Waals surface area contributed by atoms with Crippen molar-refractivity contribution in [3.63, 3.8) is 0 Å². The lowest BCUT2D eigenvalue weighted by molar-refractivity contribution is 0.102.